The summed E-state index contributed by atoms with van der Waals surface area (Å²) < 4.78 is 66.9. The van der Waals surface area contributed by atoms with Crippen molar-refractivity contribution in [1.82, 2.24) is 0 Å². The van der Waals surface area contributed by atoms with Gasteiger partial charge >= 0.3 is 0 Å². The number of nitrogen functional groups attached to an aromatic ring is 2. The number of hydrogen-bond donors (Lipinski definition) is 4. The Bertz CT molecular complexity index is 1540. The van der Waals surface area contributed by atoms with Gasteiger partial charge in [0, 0.05) is 27.6 Å². The quantitative estimate of drug-likeness (QED) is 0.248. The van der Waals surface area contributed by atoms with Crippen LogP contribution in [0.4, 0.5) is 11.4 Å². The molecule has 160 valence electrons. The molecule has 1 aliphatic rings. The lowest BCUT2D eigenvalue weighted by molar-refractivity contribution is 0.0980. The monoisotopic (exact) mass is 480 g/mol. The highest BCUT2D eigenvalue weighted by atomic mass is 32.2. The van der Waals surface area contributed by atoms with E-state index in [0.717, 1.165) is 11.4 Å². The Balaban J connectivity index is 2.22. The molecule has 0 bridgehead atoms. The zero-order chi connectivity index (χ0) is 22.9. The molecule has 3 aromatic rings. The highest BCUT2D eigenvalue weighted by molar-refractivity contribution is 7.86. The average Bonchev–Trinajstić information content (AvgIpc) is 3.06. The summed E-state index contributed by atoms with van der Waals surface area (Å²) in [6.07, 6.45) is 0. The molecule has 1 heterocycles. The Kier molecular flexibility index (Phi) is 4.57. The van der Waals surface area contributed by atoms with Gasteiger partial charge in [-0.05, 0) is 6.07 Å². The van der Waals surface area contributed by atoms with Crippen LogP contribution in [0.2, 0.25) is 0 Å². The number of nitrogens with two attached hydrogens (primary N) is 2. The van der Waals surface area contributed by atoms with Crippen molar-refractivity contribution in [2.75, 3.05) is 11.5 Å². The minimum atomic E-state index is -4.98. The summed E-state index contributed by atoms with van der Waals surface area (Å²) in [5.74, 6) is -1.51. The summed E-state index contributed by atoms with van der Waals surface area (Å²) in [6.45, 7) is 0. The lowest BCUT2D eigenvalue weighted by Gasteiger charge is -2.23. The number of thiophene rings is 1. The fraction of sp³-hybridized carbons (Fsp3) is 0. The minimum Gasteiger partial charge on any atom is -0.397 e. The summed E-state index contributed by atoms with van der Waals surface area (Å²) in [4.78, 5) is 24.5. The number of fused-ring (bicyclic) bond motifs is 2. The van der Waals surface area contributed by atoms with Gasteiger partial charge in [-0.2, -0.15) is 16.8 Å². The summed E-state index contributed by atoms with van der Waals surface area (Å²) in [5, 5.41) is 1.16. The fourth-order valence-corrected chi connectivity index (χ4v) is 6.26. The molecule has 0 amide bonds. The number of hydrogen-bond acceptors (Lipinski definition) is 9. The lowest BCUT2D eigenvalue weighted by Crippen LogP contribution is -2.24. The van der Waals surface area contributed by atoms with Crippen molar-refractivity contribution in [3.05, 3.63) is 58.0 Å². The second-order valence-electron chi connectivity index (χ2n) is 6.59. The highest BCUT2D eigenvalue weighted by Crippen LogP contribution is 2.45. The third kappa shape index (κ3) is 3.14. The molecule has 0 fully saturated rings. The van der Waals surface area contributed by atoms with Crippen LogP contribution < -0.4 is 11.5 Å². The molecule has 13 heteroatoms. The number of ketones is 2. The number of rotatable bonds is 3. The van der Waals surface area contributed by atoms with Gasteiger partial charge in [0.2, 0.25) is 0 Å². The van der Waals surface area contributed by atoms with Crippen LogP contribution >= 0.6 is 11.3 Å². The van der Waals surface area contributed by atoms with Gasteiger partial charge < -0.3 is 11.5 Å². The zero-order valence-corrected chi connectivity index (χ0v) is 17.6. The van der Waals surface area contributed by atoms with Crippen LogP contribution in [0.15, 0.2) is 45.5 Å². The van der Waals surface area contributed by atoms with Crippen LogP contribution in [0.25, 0.3) is 10.4 Å². The maximum absolute atomic E-state index is 13.3. The van der Waals surface area contributed by atoms with E-state index in [1.807, 2.05) is 0 Å². The average molecular weight is 481 g/mol. The van der Waals surface area contributed by atoms with E-state index >= 15 is 0 Å². The van der Waals surface area contributed by atoms with Crippen LogP contribution in [0.5, 0.6) is 0 Å². The van der Waals surface area contributed by atoms with Gasteiger partial charge in [-0.15, -0.1) is 11.3 Å². The molecule has 0 saturated heterocycles. The molecule has 0 aliphatic heterocycles. The van der Waals surface area contributed by atoms with Crippen molar-refractivity contribution in [3.63, 3.8) is 0 Å². The molecule has 0 atom stereocenters. The van der Waals surface area contributed by atoms with Crippen LogP contribution in [0.1, 0.15) is 31.8 Å². The third-order valence-corrected chi connectivity index (χ3v) is 7.76. The van der Waals surface area contributed by atoms with E-state index in [2.05, 4.69) is 0 Å². The molecular weight excluding hydrogens is 468 g/mol. The van der Waals surface area contributed by atoms with Gasteiger partial charge in [0.1, 0.15) is 9.79 Å². The summed E-state index contributed by atoms with van der Waals surface area (Å²) in [5.41, 5.74) is 9.29. The predicted octanol–water partition coefficient (Wildman–Crippen LogP) is 1.85. The molecule has 0 spiro atoms. The van der Waals surface area contributed by atoms with E-state index in [1.54, 1.807) is 0 Å². The van der Waals surface area contributed by atoms with Crippen LogP contribution in [0.3, 0.4) is 0 Å². The van der Waals surface area contributed by atoms with Crippen molar-refractivity contribution < 1.29 is 35.5 Å². The van der Waals surface area contributed by atoms with E-state index in [-0.39, 0.29) is 32.8 Å². The SMILES string of the molecule is Nc1csc(-c2cc(S(=O)(=O)O)c(N)c3c2C(=O)c2ccccc2C3=O)c1S(=O)(=O)O. The van der Waals surface area contributed by atoms with E-state index in [4.69, 9.17) is 11.5 Å². The van der Waals surface area contributed by atoms with Gasteiger partial charge in [-0.25, -0.2) is 0 Å². The molecule has 6 N–H and O–H groups in total. The van der Waals surface area contributed by atoms with Crippen molar-refractivity contribution in [2.24, 2.45) is 0 Å². The molecule has 2 aromatic carbocycles. The van der Waals surface area contributed by atoms with E-state index < -0.39 is 52.8 Å². The molecule has 0 radical (unpaired) electrons. The standard InChI is InChI=1S/C18H12N2O8S3/c19-10-6-29-17(18(10)31(26,27)28)9-5-11(30(23,24)25)14(20)13-12(9)15(21)7-3-1-2-4-8(7)16(13)22/h1-6H,19-20H2,(H,23,24,25)(H,26,27,28). The molecule has 10 nitrogen and oxygen atoms in total. The Hall–Kier alpha value is -3.10. The van der Waals surface area contributed by atoms with Crippen molar-refractivity contribution in [1.29, 1.82) is 0 Å². The minimum absolute atomic E-state index is 0.00168. The molecule has 31 heavy (non-hydrogen) atoms. The Morgan fingerprint density at radius 1 is 0.806 bits per heavy atom. The first-order valence-electron chi connectivity index (χ1n) is 8.31. The smallest absolute Gasteiger partial charge is 0.298 e. The third-order valence-electron chi connectivity index (χ3n) is 4.75. The summed E-state index contributed by atoms with van der Waals surface area (Å²) in [7, 11) is -9.88. The predicted molar refractivity (Wildman–Crippen MR) is 112 cm³/mol. The topological polar surface area (TPSA) is 195 Å². The Labute approximate surface area is 179 Å². The van der Waals surface area contributed by atoms with E-state index in [1.165, 1.54) is 24.3 Å². The van der Waals surface area contributed by atoms with Crippen molar-refractivity contribution >= 4 is 54.5 Å². The van der Waals surface area contributed by atoms with Gasteiger partial charge in [-0.1, -0.05) is 24.3 Å². The molecular formula is C18H12N2O8S3. The number of carbonyl (C=O) groups excluding carboxylic acids is 2. The van der Waals surface area contributed by atoms with Gasteiger partial charge in [0.25, 0.3) is 20.2 Å². The van der Waals surface area contributed by atoms with Gasteiger partial charge in [0.05, 0.1) is 21.8 Å². The van der Waals surface area contributed by atoms with E-state index in [0.29, 0.717) is 11.3 Å². The zero-order valence-electron chi connectivity index (χ0n) is 15.2. The van der Waals surface area contributed by atoms with Crippen LogP contribution in [-0.4, -0.2) is 37.5 Å². The first-order chi connectivity index (χ1) is 14.3. The largest absolute Gasteiger partial charge is 0.397 e. The molecule has 4 rings (SSSR count). The first kappa shape index (κ1) is 21.1. The second kappa shape index (κ2) is 6.70. The Morgan fingerprint density at radius 2 is 1.35 bits per heavy atom. The van der Waals surface area contributed by atoms with Crippen molar-refractivity contribution in [2.45, 2.75) is 9.79 Å². The number of carbonyl (C=O) groups is 2. The molecule has 1 aromatic heterocycles. The maximum atomic E-state index is 13.3. The molecule has 0 saturated carbocycles. The second-order valence-corrected chi connectivity index (χ2v) is 10.2. The number of anilines is 2. The highest BCUT2D eigenvalue weighted by Gasteiger charge is 2.38. The van der Waals surface area contributed by atoms with Crippen LogP contribution in [0, 0.1) is 0 Å². The summed E-state index contributed by atoms with van der Waals surface area (Å²) in [6, 6.07) is 6.52. The van der Waals surface area contributed by atoms with Crippen molar-refractivity contribution in [3.8, 4) is 10.4 Å². The van der Waals surface area contributed by atoms with Crippen LogP contribution in [-0.2, 0) is 20.2 Å². The van der Waals surface area contributed by atoms with Gasteiger partial charge in [-0.3, -0.25) is 18.7 Å². The first-order valence-corrected chi connectivity index (χ1v) is 12.1. The molecule has 1 aliphatic carbocycles. The summed E-state index contributed by atoms with van der Waals surface area (Å²) >= 11 is 0.694. The van der Waals surface area contributed by atoms with Gasteiger partial charge in [0.15, 0.2) is 11.6 Å². The fourth-order valence-electron chi connectivity index (χ4n) is 3.50. The Morgan fingerprint density at radius 3 is 1.87 bits per heavy atom. The lowest BCUT2D eigenvalue weighted by atomic mass is 9.80. The maximum Gasteiger partial charge on any atom is 0.298 e. The normalized spacial score (nSPS) is 13.7. The number of benzene rings is 2. The molecule has 0 unspecified atom stereocenters. The van der Waals surface area contributed by atoms with E-state index in [9.17, 15) is 35.5 Å².